The molecule has 0 bridgehead atoms. The SMILES string of the molecule is COC(=O)c1cn(-c2ccc(Cl)c(C(F)(F)F)c2)cc2c(=O)n(-c3cccc(C)c3)nc1-2. The molecule has 6 nitrogen and oxygen atoms in total. The predicted molar refractivity (Wildman–Crippen MR) is 112 cm³/mol. The van der Waals surface area contributed by atoms with Crippen LogP contribution in [0.2, 0.25) is 5.02 Å². The summed E-state index contributed by atoms with van der Waals surface area (Å²) in [4.78, 5) is 25.5. The number of ether oxygens (including phenoxy) is 1. The van der Waals surface area contributed by atoms with Gasteiger partial charge in [-0.1, -0.05) is 23.7 Å². The number of pyridine rings is 1. The first-order valence-corrected chi connectivity index (χ1v) is 9.65. The number of alkyl halides is 3. The van der Waals surface area contributed by atoms with E-state index < -0.39 is 28.3 Å². The Hall–Kier alpha value is -3.59. The van der Waals surface area contributed by atoms with E-state index in [0.29, 0.717) is 5.69 Å². The summed E-state index contributed by atoms with van der Waals surface area (Å²) in [6.07, 6.45) is -2.08. The molecule has 0 aromatic heterocycles. The molecule has 2 heterocycles. The summed E-state index contributed by atoms with van der Waals surface area (Å²) in [5.41, 5.74) is -0.0993. The first-order valence-electron chi connectivity index (χ1n) is 9.27. The van der Waals surface area contributed by atoms with Crippen LogP contribution in [0.1, 0.15) is 21.5 Å². The number of nitrogens with zero attached hydrogens (tertiary/aromatic N) is 3. The minimum Gasteiger partial charge on any atom is -0.465 e. The van der Waals surface area contributed by atoms with Crippen molar-refractivity contribution in [3.63, 3.8) is 0 Å². The molecule has 0 saturated carbocycles. The van der Waals surface area contributed by atoms with Gasteiger partial charge in [0, 0.05) is 18.1 Å². The molecule has 164 valence electrons. The fraction of sp³-hybridized carbons (Fsp3) is 0.136. The average Bonchev–Trinajstić information content (AvgIpc) is 3.08. The first kappa shape index (κ1) is 21.6. The molecule has 0 saturated heterocycles. The summed E-state index contributed by atoms with van der Waals surface area (Å²) in [6, 6.07) is 10.3. The zero-order valence-corrected chi connectivity index (χ0v) is 17.5. The second kappa shape index (κ2) is 7.83. The smallest absolute Gasteiger partial charge is 0.417 e. The summed E-state index contributed by atoms with van der Waals surface area (Å²) in [6.45, 7) is 1.85. The Balaban J connectivity index is 1.99. The Bertz CT molecular complexity index is 1370. The molecule has 32 heavy (non-hydrogen) atoms. The summed E-state index contributed by atoms with van der Waals surface area (Å²) in [5, 5.41) is 3.82. The third-order valence-corrected chi connectivity index (χ3v) is 5.20. The van der Waals surface area contributed by atoms with E-state index >= 15 is 0 Å². The normalized spacial score (nSPS) is 11.7. The van der Waals surface area contributed by atoms with Gasteiger partial charge in [-0.25, -0.2) is 4.79 Å². The Labute approximate surface area is 184 Å². The predicted octanol–water partition coefficient (Wildman–Crippen LogP) is 4.90. The highest BCUT2D eigenvalue weighted by atomic mass is 35.5. The molecule has 0 N–H and O–H groups in total. The number of aryl methyl sites for hydroxylation is 1. The number of aromatic nitrogens is 3. The fourth-order valence-corrected chi connectivity index (χ4v) is 3.57. The number of benzene rings is 2. The van der Waals surface area contributed by atoms with E-state index in [4.69, 9.17) is 16.3 Å². The van der Waals surface area contributed by atoms with Gasteiger partial charge in [0.15, 0.2) is 0 Å². The van der Waals surface area contributed by atoms with E-state index in [1.54, 1.807) is 18.2 Å². The van der Waals surface area contributed by atoms with Crippen LogP contribution in [-0.2, 0) is 10.9 Å². The van der Waals surface area contributed by atoms with E-state index in [1.165, 1.54) is 23.0 Å². The van der Waals surface area contributed by atoms with Crippen LogP contribution >= 0.6 is 11.6 Å². The van der Waals surface area contributed by atoms with Crippen molar-refractivity contribution in [1.82, 2.24) is 14.3 Å². The van der Waals surface area contributed by atoms with E-state index in [9.17, 15) is 22.8 Å². The lowest BCUT2D eigenvalue weighted by Gasteiger charge is -2.15. The molecule has 2 aromatic carbocycles. The van der Waals surface area contributed by atoms with Crippen LogP contribution in [0.15, 0.2) is 59.7 Å². The van der Waals surface area contributed by atoms with E-state index in [0.717, 1.165) is 29.5 Å². The molecule has 0 spiro atoms. The van der Waals surface area contributed by atoms with Gasteiger partial charge in [0.25, 0.3) is 5.56 Å². The standard InChI is InChI=1S/C22H15ClF3N3O3/c1-12-4-3-5-14(8-12)29-20(30)15-10-28(11-16(19(15)27-29)21(31)32-2)13-6-7-18(23)17(9-13)22(24,25)26/h3-11H,1-2H3. The lowest BCUT2D eigenvalue weighted by atomic mass is 10.1. The number of fused-ring (bicyclic) bond motifs is 1. The highest BCUT2D eigenvalue weighted by Crippen LogP contribution is 2.36. The molecule has 0 amide bonds. The maximum Gasteiger partial charge on any atom is 0.417 e. The summed E-state index contributed by atoms with van der Waals surface area (Å²) >= 11 is 5.71. The second-order valence-corrected chi connectivity index (χ2v) is 7.46. The van der Waals surface area contributed by atoms with Crippen LogP contribution in [0, 0.1) is 6.92 Å². The van der Waals surface area contributed by atoms with Crippen LogP contribution in [0.4, 0.5) is 13.2 Å². The lowest BCUT2D eigenvalue weighted by molar-refractivity contribution is -0.137. The number of esters is 1. The molecule has 0 atom stereocenters. The van der Waals surface area contributed by atoms with Gasteiger partial charge in [-0.05, 0) is 42.8 Å². The third-order valence-electron chi connectivity index (χ3n) is 4.87. The molecule has 0 fully saturated rings. The Morgan fingerprint density at radius 2 is 1.84 bits per heavy atom. The van der Waals surface area contributed by atoms with Gasteiger partial charge in [0.2, 0.25) is 0 Å². The first-order chi connectivity index (χ1) is 15.1. The fourth-order valence-electron chi connectivity index (χ4n) is 3.34. The quantitative estimate of drug-likeness (QED) is 0.407. The van der Waals surface area contributed by atoms with Crippen LogP contribution < -0.4 is 5.56 Å². The minimum absolute atomic E-state index is 0.0397. The Kier molecular flexibility index (Phi) is 5.29. The maximum atomic E-state index is 13.3. The van der Waals surface area contributed by atoms with Crippen LogP contribution in [-0.4, -0.2) is 27.4 Å². The van der Waals surface area contributed by atoms with Crippen molar-refractivity contribution >= 4 is 17.6 Å². The number of halogens is 4. The van der Waals surface area contributed by atoms with Crippen LogP contribution in [0.25, 0.3) is 22.6 Å². The Morgan fingerprint density at radius 3 is 2.50 bits per heavy atom. The van der Waals surface area contributed by atoms with Crippen molar-refractivity contribution in [2.75, 3.05) is 7.11 Å². The van der Waals surface area contributed by atoms with Crippen molar-refractivity contribution in [3.8, 4) is 22.6 Å². The highest BCUT2D eigenvalue weighted by Gasteiger charge is 2.34. The molecular weight excluding hydrogens is 447 g/mol. The molecule has 2 aromatic rings. The highest BCUT2D eigenvalue weighted by molar-refractivity contribution is 6.31. The molecule has 2 aliphatic heterocycles. The van der Waals surface area contributed by atoms with Crippen molar-refractivity contribution in [3.05, 3.63) is 86.9 Å². The number of carbonyl (C=O) groups excluding carboxylic acids is 1. The second-order valence-electron chi connectivity index (χ2n) is 7.05. The maximum absolute atomic E-state index is 13.3. The van der Waals surface area contributed by atoms with Gasteiger partial charge in [-0.3, -0.25) is 4.79 Å². The van der Waals surface area contributed by atoms with E-state index in [-0.39, 0.29) is 22.5 Å². The molecule has 0 unspecified atom stereocenters. The minimum atomic E-state index is -4.68. The number of hydrogen-bond donors (Lipinski definition) is 0. The number of carbonyl (C=O) groups is 1. The van der Waals surface area contributed by atoms with Gasteiger partial charge in [0.05, 0.1) is 28.9 Å². The van der Waals surface area contributed by atoms with Crippen molar-refractivity contribution in [1.29, 1.82) is 0 Å². The molecular formula is C22H15ClF3N3O3. The van der Waals surface area contributed by atoms with Gasteiger partial charge in [-0.2, -0.15) is 23.0 Å². The molecule has 0 aliphatic carbocycles. The zero-order valence-electron chi connectivity index (χ0n) is 16.8. The van der Waals surface area contributed by atoms with Gasteiger partial charge < -0.3 is 9.30 Å². The monoisotopic (exact) mass is 461 g/mol. The largest absolute Gasteiger partial charge is 0.465 e. The molecule has 4 rings (SSSR count). The third kappa shape index (κ3) is 3.75. The summed E-state index contributed by atoms with van der Waals surface area (Å²) < 4.78 is 47.1. The number of hydrogen-bond acceptors (Lipinski definition) is 4. The summed E-state index contributed by atoms with van der Waals surface area (Å²) in [5.74, 6) is -0.789. The summed E-state index contributed by atoms with van der Waals surface area (Å²) in [7, 11) is 1.16. The topological polar surface area (TPSA) is 66.1 Å². The average molecular weight is 462 g/mol. The molecule has 10 heteroatoms. The van der Waals surface area contributed by atoms with E-state index in [1.807, 2.05) is 13.0 Å². The number of rotatable bonds is 3. The van der Waals surface area contributed by atoms with Crippen LogP contribution in [0.3, 0.4) is 0 Å². The zero-order chi connectivity index (χ0) is 23.2. The lowest BCUT2D eigenvalue weighted by Crippen LogP contribution is -2.15. The van der Waals surface area contributed by atoms with Crippen molar-refractivity contribution < 1.29 is 22.7 Å². The molecule has 2 aliphatic rings. The number of methoxy groups -OCH3 is 1. The Morgan fingerprint density at radius 1 is 1.09 bits per heavy atom. The molecule has 0 radical (unpaired) electrons. The van der Waals surface area contributed by atoms with Crippen molar-refractivity contribution in [2.24, 2.45) is 0 Å². The van der Waals surface area contributed by atoms with Gasteiger partial charge >= 0.3 is 12.1 Å². The van der Waals surface area contributed by atoms with Gasteiger partial charge in [0.1, 0.15) is 11.3 Å². The van der Waals surface area contributed by atoms with Gasteiger partial charge in [-0.15, -0.1) is 0 Å². The van der Waals surface area contributed by atoms with Crippen LogP contribution in [0.5, 0.6) is 0 Å². The van der Waals surface area contributed by atoms with E-state index in [2.05, 4.69) is 5.10 Å². The van der Waals surface area contributed by atoms with Crippen molar-refractivity contribution in [2.45, 2.75) is 13.1 Å².